The molecular weight excluding hydrogens is 264 g/mol. The number of piperidine rings is 1. The molecule has 2 aromatic heterocycles. The number of Topliss-reactive ketones (excluding diaryl/α,β-unsaturated/α-hetero) is 1. The van der Waals surface area contributed by atoms with Crippen molar-refractivity contribution >= 4 is 5.78 Å². The number of nitrogens with zero attached hydrogens (tertiary/aromatic N) is 3. The fourth-order valence-electron chi connectivity index (χ4n) is 2.98. The van der Waals surface area contributed by atoms with E-state index in [4.69, 9.17) is 0 Å². The van der Waals surface area contributed by atoms with Gasteiger partial charge in [0.25, 0.3) is 0 Å². The molecule has 5 nitrogen and oxygen atoms in total. The van der Waals surface area contributed by atoms with Crippen LogP contribution in [0.2, 0.25) is 0 Å². The van der Waals surface area contributed by atoms with Crippen molar-refractivity contribution in [2.45, 2.75) is 38.8 Å². The molecule has 1 aliphatic rings. The fourth-order valence-corrected chi connectivity index (χ4v) is 2.98. The van der Waals surface area contributed by atoms with Gasteiger partial charge >= 0.3 is 0 Å². The molecular formula is C16H22N4O. The highest BCUT2D eigenvalue weighted by Crippen LogP contribution is 2.22. The number of nitrogens with one attached hydrogen (secondary N) is 1. The van der Waals surface area contributed by atoms with E-state index >= 15 is 0 Å². The van der Waals surface area contributed by atoms with E-state index in [1.54, 1.807) is 6.20 Å². The third kappa shape index (κ3) is 3.08. The predicted octanol–water partition coefficient (Wildman–Crippen LogP) is 2.05. The Morgan fingerprint density at radius 1 is 1.43 bits per heavy atom. The lowest BCUT2D eigenvalue weighted by molar-refractivity contribution is 0.0980. The van der Waals surface area contributed by atoms with Crippen LogP contribution < -0.4 is 5.32 Å². The number of hydrogen-bond donors (Lipinski definition) is 1. The van der Waals surface area contributed by atoms with Crippen molar-refractivity contribution in [3.05, 3.63) is 42.0 Å². The monoisotopic (exact) mass is 286 g/mol. The van der Waals surface area contributed by atoms with Gasteiger partial charge in [0.2, 0.25) is 0 Å². The summed E-state index contributed by atoms with van der Waals surface area (Å²) in [6, 6.07) is 4.36. The van der Waals surface area contributed by atoms with E-state index in [1.807, 2.05) is 36.1 Å². The molecule has 2 aromatic rings. The lowest BCUT2D eigenvalue weighted by Crippen LogP contribution is -2.30. The molecule has 3 heterocycles. The smallest absolute Gasteiger partial charge is 0.183 e. The molecule has 1 N–H and O–H groups in total. The maximum absolute atomic E-state index is 12.6. The van der Waals surface area contributed by atoms with Crippen molar-refractivity contribution in [2.24, 2.45) is 0 Å². The Hall–Kier alpha value is -1.88. The van der Waals surface area contributed by atoms with Gasteiger partial charge in [0.1, 0.15) is 0 Å². The van der Waals surface area contributed by atoms with Crippen LogP contribution in [0.5, 0.6) is 0 Å². The molecule has 0 spiro atoms. The van der Waals surface area contributed by atoms with Crippen LogP contribution in [0.15, 0.2) is 30.7 Å². The Morgan fingerprint density at radius 2 is 2.24 bits per heavy atom. The van der Waals surface area contributed by atoms with Crippen molar-refractivity contribution in [1.82, 2.24) is 19.7 Å². The molecule has 0 aromatic carbocycles. The summed E-state index contributed by atoms with van der Waals surface area (Å²) in [5.74, 6) is 0.175. The second kappa shape index (κ2) is 6.26. The van der Waals surface area contributed by atoms with Gasteiger partial charge in [0, 0.05) is 31.4 Å². The Labute approximate surface area is 125 Å². The highest BCUT2D eigenvalue weighted by Gasteiger charge is 2.20. The highest BCUT2D eigenvalue weighted by atomic mass is 16.1. The lowest BCUT2D eigenvalue weighted by atomic mass is 10.1. The molecule has 21 heavy (non-hydrogen) atoms. The summed E-state index contributed by atoms with van der Waals surface area (Å²) in [6.45, 7) is 4.93. The minimum Gasteiger partial charge on any atom is -0.342 e. The molecule has 0 saturated carbocycles. The topological polar surface area (TPSA) is 51.9 Å². The average Bonchev–Trinajstić information content (AvgIpc) is 3.17. The molecule has 0 unspecified atom stereocenters. The lowest BCUT2D eigenvalue weighted by Gasteiger charge is -2.25. The van der Waals surface area contributed by atoms with Crippen LogP contribution in [0, 0.1) is 0 Å². The van der Waals surface area contributed by atoms with E-state index in [2.05, 4.69) is 15.0 Å². The maximum Gasteiger partial charge on any atom is 0.183 e. The van der Waals surface area contributed by atoms with Crippen molar-refractivity contribution < 1.29 is 4.79 Å². The Balaban J connectivity index is 1.74. The first-order valence-corrected chi connectivity index (χ1v) is 7.70. The molecule has 3 rings (SSSR count). The minimum atomic E-state index is 0.175. The number of ketones is 1. The molecule has 1 saturated heterocycles. The van der Waals surface area contributed by atoms with E-state index in [0.29, 0.717) is 12.5 Å². The summed E-state index contributed by atoms with van der Waals surface area (Å²) in [5.41, 5.74) is 1.81. The second-order valence-corrected chi connectivity index (χ2v) is 5.59. The number of carbonyl (C=O) groups is 1. The summed E-state index contributed by atoms with van der Waals surface area (Å²) >= 11 is 0. The van der Waals surface area contributed by atoms with Crippen LogP contribution >= 0.6 is 0 Å². The number of aromatic nitrogens is 3. The minimum absolute atomic E-state index is 0.175. The van der Waals surface area contributed by atoms with Crippen LogP contribution in [-0.4, -0.2) is 33.2 Å². The first kappa shape index (κ1) is 14.1. The van der Waals surface area contributed by atoms with E-state index in [0.717, 1.165) is 43.7 Å². The van der Waals surface area contributed by atoms with Gasteiger partial charge in [-0.05, 0) is 50.6 Å². The number of rotatable bonds is 5. The first-order chi connectivity index (χ1) is 10.3. The van der Waals surface area contributed by atoms with E-state index < -0.39 is 0 Å². The van der Waals surface area contributed by atoms with Gasteiger partial charge in [-0.2, -0.15) is 5.10 Å². The van der Waals surface area contributed by atoms with Crippen LogP contribution in [0.4, 0.5) is 0 Å². The van der Waals surface area contributed by atoms with Gasteiger partial charge in [0.15, 0.2) is 5.78 Å². The number of carbonyl (C=O) groups excluding carboxylic acids is 1. The molecule has 1 aliphatic heterocycles. The standard InChI is InChI=1S/C16H22N4O/c1-2-19-12-13(11-18-19)10-16(21)15-4-3-9-20(15)14-5-7-17-8-6-14/h3-4,9,11-12,14,17H,2,5-8,10H2,1H3. The fraction of sp³-hybridized carbons (Fsp3) is 0.500. The molecule has 0 bridgehead atoms. The van der Waals surface area contributed by atoms with Gasteiger partial charge in [-0.15, -0.1) is 0 Å². The Bertz CT molecular complexity index is 607. The zero-order valence-electron chi connectivity index (χ0n) is 12.5. The predicted molar refractivity (Wildman–Crippen MR) is 81.5 cm³/mol. The van der Waals surface area contributed by atoms with Gasteiger partial charge in [-0.25, -0.2) is 0 Å². The SMILES string of the molecule is CCn1cc(CC(=O)c2cccn2C2CCNCC2)cn1. The van der Waals surface area contributed by atoms with Gasteiger partial charge < -0.3 is 9.88 Å². The first-order valence-electron chi connectivity index (χ1n) is 7.70. The normalized spacial score (nSPS) is 16.2. The third-order valence-corrected chi connectivity index (χ3v) is 4.14. The van der Waals surface area contributed by atoms with Crippen molar-refractivity contribution in [1.29, 1.82) is 0 Å². The zero-order valence-corrected chi connectivity index (χ0v) is 12.5. The molecule has 0 amide bonds. The largest absolute Gasteiger partial charge is 0.342 e. The van der Waals surface area contributed by atoms with E-state index in [9.17, 15) is 4.79 Å². The molecule has 0 atom stereocenters. The van der Waals surface area contributed by atoms with E-state index in [1.165, 1.54) is 0 Å². The van der Waals surface area contributed by atoms with Gasteiger partial charge in [-0.3, -0.25) is 9.48 Å². The highest BCUT2D eigenvalue weighted by molar-refractivity contribution is 5.96. The summed E-state index contributed by atoms with van der Waals surface area (Å²) in [6.07, 6.45) is 8.38. The molecule has 1 fully saturated rings. The molecule has 0 aliphatic carbocycles. The van der Waals surface area contributed by atoms with Crippen LogP contribution in [0.1, 0.15) is 41.9 Å². The van der Waals surface area contributed by atoms with Crippen molar-refractivity contribution in [2.75, 3.05) is 13.1 Å². The van der Waals surface area contributed by atoms with E-state index in [-0.39, 0.29) is 5.78 Å². The molecule has 5 heteroatoms. The summed E-state index contributed by atoms with van der Waals surface area (Å²) < 4.78 is 4.02. The Morgan fingerprint density at radius 3 is 2.95 bits per heavy atom. The van der Waals surface area contributed by atoms with Crippen LogP contribution in [-0.2, 0) is 13.0 Å². The summed E-state index contributed by atoms with van der Waals surface area (Å²) in [5, 5.41) is 7.60. The number of aryl methyl sites for hydroxylation is 1. The molecule has 112 valence electrons. The van der Waals surface area contributed by atoms with Gasteiger partial charge in [0.05, 0.1) is 11.9 Å². The van der Waals surface area contributed by atoms with Crippen LogP contribution in [0.3, 0.4) is 0 Å². The molecule has 0 radical (unpaired) electrons. The van der Waals surface area contributed by atoms with Crippen molar-refractivity contribution in [3.8, 4) is 0 Å². The zero-order chi connectivity index (χ0) is 14.7. The van der Waals surface area contributed by atoms with Crippen molar-refractivity contribution in [3.63, 3.8) is 0 Å². The second-order valence-electron chi connectivity index (χ2n) is 5.59. The quantitative estimate of drug-likeness (QED) is 0.856. The average molecular weight is 286 g/mol. The van der Waals surface area contributed by atoms with Crippen LogP contribution in [0.25, 0.3) is 0 Å². The maximum atomic E-state index is 12.6. The number of hydrogen-bond acceptors (Lipinski definition) is 3. The van der Waals surface area contributed by atoms with Gasteiger partial charge in [-0.1, -0.05) is 0 Å². The summed E-state index contributed by atoms with van der Waals surface area (Å²) in [7, 11) is 0. The third-order valence-electron chi connectivity index (χ3n) is 4.14. The Kier molecular flexibility index (Phi) is 4.20. The summed E-state index contributed by atoms with van der Waals surface area (Å²) in [4.78, 5) is 12.6.